The number of allylic oxidation sites excluding steroid dienone is 1. The number of β-lactam (4-membered cyclic amide) rings is 1. The number of benzene rings is 1. The minimum absolute atomic E-state index is 0.0472. The fraction of sp³-hybridized carbons (Fsp3) is 0.609. The monoisotopic (exact) mass is 403 g/mol. The van der Waals surface area contributed by atoms with Gasteiger partial charge in [-0.3, -0.25) is 9.69 Å². The molecule has 0 radical (unpaired) electrons. The Bertz CT molecular complexity index is 687. The van der Waals surface area contributed by atoms with Gasteiger partial charge in [0.2, 0.25) is 8.32 Å². The average Bonchev–Trinajstić information content (AvgIpc) is 2.65. The molecule has 156 valence electrons. The summed E-state index contributed by atoms with van der Waals surface area (Å²) >= 11 is 0. The van der Waals surface area contributed by atoms with Crippen molar-refractivity contribution < 1.29 is 14.0 Å². The van der Waals surface area contributed by atoms with Crippen LogP contribution < -0.4 is 9.64 Å². The first kappa shape index (κ1) is 22.7. The molecule has 1 heterocycles. The molecule has 0 saturated carbocycles. The lowest BCUT2D eigenvalue weighted by molar-refractivity contribution is -0.134. The zero-order valence-electron chi connectivity index (χ0n) is 18.9. The molecule has 1 amide bonds. The highest BCUT2D eigenvalue weighted by atomic mass is 28.4. The summed E-state index contributed by atoms with van der Waals surface area (Å²) < 4.78 is 12.1. The molecule has 2 atom stereocenters. The third kappa shape index (κ3) is 3.79. The van der Waals surface area contributed by atoms with E-state index >= 15 is 0 Å². The summed E-state index contributed by atoms with van der Waals surface area (Å²) in [5.41, 5.74) is 3.40. The molecule has 0 spiro atoms. The highest BCUT2D eigenvalue weighted by Crippen LogP contribution is 2.46. The maximum absolute atomic E-state index is 13.3. The number of carbonyl (C=O) groups is 1. The normalized spacial score (nSPS) is 20.9. The lowest BCUT2D eigenvalue weighted by Crippen LogP contribution is -2.70. The number of anilines is 1. The van der Waals surface area contributed by atoms with Crippen molar-refractivity contribution in [1.29, 1.82) is 0 Å². The Morgan fingerprint density at radius 1 is 1.04 bits per heavy atom. The van der Waals surface area contributed by atoms with Gasteiger partial charge in [-0.2, -0.15) is 0 Å². The second-order valence-corrected chi connectivity index (χ2v) is 14.1. The molecular weight excluding hydrogens is 366 g/mol. The fourth-order valence-corrected chi connectivity index (χ4v) is 10.3. The second-order valence-electron chi connectivity index (χ2n) is 8.74. The lowest BCUT2D eigenvalue weighted by Gasteiger charge is -2.53. The summed E-state index contributed by atoms with van der Waals surface area (Å²) in [4.78, 5) is 15.1. The van der Waals surface area contributed by atoms with E-state index in [0.717, 1.165) is 11.4 Å². The number of nitrogens with zero attached hydrogens (tertiary/aromatic N) is 1. The topological polar surface area (TPSA) is 38.8 Å². The Kier molecular flexibility index (Phi) is 7.15. The Morgan fingerprint density at radius 2 is 1.54 bits per heavy atom. The Morgan fingerprint density at radius 3 is 1.93 bits per heavy atom. The number of hydrogen-bond acceptors (Lipinski definition) is 3. The zero-order chi connectivity index (χ0) is 21.2. The number of carbonyl (C=O) groups excluding carboxylic acids is 1. The molecule has 1 aromatic rings. The summed E-state index contributed by atoms with van der Waals surface area (Å²) in [7, 11) is -0.495. The van der Waals surface area contributed by atoms with Crippen molar-refractivity contribution in [2.45, 2.75) is 84.2 Å². The minimum atomic E-state index is -2.14. The van der Waals surface area contributed by atoms with Gasteiger partial charge in [-0.15, -0.1) is 0 Å². The molecule has 0 aromatic heterocycles. The molecule has 1 fully saturated rings. The number of ether oxygens (including phenoxy) is 1. The van der Waals surface area contributed by atoms with Crippen molar-refractivity contribution in [3.05, 3.63) is 35.9 Å². The summed E-state index contributed by atoms with van der Waals surface area (Å²) in [5.74, 6) is 0.852. The van der Waals surface area contributed by atoms with E-state index in [9.17, 15) is 4.79 Å². The highest BCUT2D eigenvalue weighted by Gasteiger charge is 2.56. The molecule has 0 N–H and O–H groups in total. The van der Waals surface area contributed by atoms with E-state index in [0.29, 0.717) is 16.6 Å². The molecule has 1 aliphatic rings. The van der Waals surface area contributed by atoms with Crippen LogP contribution in [0.2, 0.25) is 16.6 Å². The van der Waals surface area contributed by atoms with Crippen molar-refractivity contribution in [1.82, 2.24) is 0 Å². The van der Waals surface area contributed by atoms with Gasteiger partial charge in [0.25, 0.3) is 5.91 Å². The SMILES string of the molecule is CC=C(C)[C@H]1[C@@H](O[Si](C(C)C)(C(C)C)C(C)C)C(=O)N1c1ccc(OC)cc1. The van der Waals surface area contributed by atoms with Crippen molar-refractivity contribution in [2.24, 2.45) is 0 Å². The van der Waals surface area contributed by atoms with Crippen LogP contribution in [0.25, 0.3) is 0 Å². The van der Waals surface area contributed by atoms with E-state index in [2.05, 4.69) is 54.5 Å². The predicted molar refractivity (Wildman–Crippen MR) is 120 cm³/mol. The van der Waals surface area contributed by atoms with E-state index in [-0.39, 0.29) is 11.9 Å². The molecule has 2 rings (SSSR count). The van der Waals surface area contributed by atoms with E-state index in [4.69, 9.17) is 9.16 Å². The molecular formula is C23H37NO3Si. The molecule has 0 aliphatic carbocycles. The van der Waals surface area contributed by atoms with Gasteiger partial charge in [0.05, 0.1) is 13.2 Å². The van der Waals surface area contributed by atoms with Crippen LogP contribution in [0.4, 0.5) is 5.69 Å². The third-order valence-electron chi connectivity index (χ3n) is 6.36. The molecule has 28 heavy (non-hydrogen) atoms. The van der Waals surface area contributed by atoms with Gasteiger partial charge in [-0.1, -0.05) is 53.2 Å². The average molecular weight is 404 g/mol. The van der Waals surface area contributed by atoms with Crippen LogP contribution in [0, 0.1) is 0 Å². The van der Waals surface area contributed by atoms with Gasteiger partial charge in [0, 0.05) is 5.69 Å². The highest BCUT2D eigenvalue weighted by molar-refractivity contribution is 6.77. The van der Waals surface area contributed by atoms with Gasteiger partial charge in [-0.05, 0) is 54.7 Å². The number of methoxy groups -OCH3 is 1. The molecule has 0 bridgehead atoms. The van der Waals surface area contributed by atoms with Crippen LogP contribution in [0.15, 0.2) is 35.9 Å². The summed E-state index contributed by atoms with van der Waals surface area (Å²) in [6, 6.07) is 7.64. The first-order valence-corrected chi connectivity index (χ1v) is 12.5. The van der Waals surface area contributed by atoms with Crippen LogP contribution in [0.5, 0.6) is 5.75 Å². The number of rotatable bonds is 8. The van der Waals surface area contributed by atoms with E-state index in [1.165, 1.54) is 5.57 Å². The van der Waals surface area contributed by atoms with Crippen molar-refractivity contribution in [3.8, 4) is 5.75 Å². The van der Waals surface area contributed by atoms with Gasteiger partial charge in [0.1, 0.15) is 11.9 Å². The predicted octanol–water partition coefficient (Wildman–Crippen LogP) is 5.94. The third-order valence-corrected chi connectivity index (χ3v) is 12.4. The smallest absolute Gasteiger partial charge is 0.258 e. The van der Waals surface area contributed by atoms with Crippen molar-refractivity contribution in [2.75, 3.05) is 12.0 Å². The second kappa shape index (κ2) is 8.83. The van der Waals surface area contributed by atoms with Crippen LogP contribution >= 0.6 is 0 Å². The van der Waals surface area contributed by atoms with Gasteiger partial charge < -0.3 is 9.16 Å². The molecule has 1 aliphatic heterocycles. The van der Waals surface area contributed by atoms with Crippen LogP contribution in [0.1, 0.15) is 55.4 Å². The molecule has 1 saturated heterocycles. The number of hydrogen-bond donors (Lipinski definition) is 0. The van der Waals surface area contributed by atoms with Gasteiger partial charge >= 0.3 is 0 Å². The van der Waals surface area contributed by atoms with E-state index < -0.39 is 14.4 Å². The first-order chi connectivity index (χ1) is 13.1. The molecule has 5 heteroatoms. The number of amides is 1. The van der Waals surface area contributed by atoms with Crippen LogP contribution in [0.3, 0.4) is 0 Å². The Balaban J connectivity index is 2.40. The van der Waals surface area contributed by atoms with Crippen molar-refractivity contribution in [3.63, 3.8) is 0 Å². The largest absolute Gasteiger partial charge is 0.497 e. The zero-order valence-corrected chi connectivity index (χ0v) is 19.9. The summed E-state index contributed by atoms with van der Waals surface area (Å²) in [6.07, 6.45) is 1.70. The summed E-state index contributed by atoms with van der Waals surface area (Å²) in [5, 5.41) is 0. The molecule has 4 nitrogen and oxygen atoms in total. The van der Waals surface area contributed by atoms with Gasteiger partial charge in [0.15, 0.2) is 0 Å². The maximum atomic E-state index is 13.3. The van der Waals surface area contributed by atoms with E-state index in [1.807, 2.05) is 36.1 Å². The first-order valence-electron chi connectivity index (χ1n) is 10.4. The van der Waals surface area contributed by atoms with Crippen molar-refractivity contribution >= 4 is 19.9 Å². The lowest BCUT2D eigenvalue weighted by atomic mass is 9.90. The maximum Gasteiger partial charge on any atom is 0.258 e. The van der Waals surface area contributed by atoms with E-state index in [1.54, 1.807) is 7.11 Å². The molecule has 0 unspecified atom stereocenters. The summed E-state index contributed by atoms with van der Waals surface area (Å²) in [6.45, 7) is 17.7. The quantitative estimate of drug-likeness (QED) is 0.306. The minimum Gasteiger partial charge on any atom is -0.497 e. The Hall–Kier alpha value is -1.59. The standard InChI is InChI=1S/C23H37NO3Si/c1-10-18(8)21-22(27-28(15(2)3,16(4)5)17(6)7)23(25)24(21)19-11-13-20(26-9)14-12-19/h10-17,21-22H,1-9H3/t21-,22+/m0/s1. The van der Waals surface area contributed by atoms with Crippen LogP contribution in [-0.2, 0) is 9.22 Å². The Labute approximate surface area is 172 Å². The molecule has 1 aromatic carbocycles. The van der Waals surface area contributed by atoms with Crippen LogP contribution in [-0.4, -0.2) is 33.5 Å². The fourth-order valence-electron chi connectivity index (χ4n) is 4.85. The van der Waals surface area contributed by atoms with Gasteiger partial charge in [-0.25, -0.2) is 0 Å².